The van der Waals surface area contributed by atoms with Crippen molar-refractivity contribution in [1.29, 1.82) is 0 Å². The fourth-order valence-corrected chi connectivity index (χ4v) is 2.47. The number of aromatic nitrogens is 2. The first kappa shape index (κ1) is 17.0. The summed E-state index contributed by atoms with van der Waals surface area (Å²) in [6.07, 6.45) is 0. The molecule has 3 aromatic rings. The number of benzene rings is 2. The quantitative estimate of drug-likeness (QED) is 0.627. The van der Waals surface area contributed by atoms with E-state index in [2.05, 4.69) is 20.6 Å². The van der Waals surface area contributed by atoms with Gasteiger partial charge < -0.3 is 15.4 Å². The van der Waals surface area contributed by atoms with Crippen LogP contribution in [0.2, 0.25) is 5.02 Å². The Kier molecular flexibility index (Phi) is 5.36. The van der Waals surface area contributed by atoms with Crippen LogP contribution in [0.5, 0.6) is 5.75 Å². The van der Waals surface area contributed by atoms with E-state index in [1.54, 1.807) is 0 Å². The number of rotatable bonds is 6. The normalized spacial score (nSPS) is 10.4. The van der Waals surface area contributed by atoms with Crippen molar-refractivity contribution in [2.45, 2.75) is 13.8 Å². The lowest BCUT2D eigenvalue weighted by molar-refractivity contribution is 0.342. The molecule has 0 atom stereocenters. The summed E-state index contributed by atoms with van der Waals surface area (Å²) in [6.45, 7) is 4.49. The standard InChI is InChI=1S/C19H19ClN4O/c1-3-25-17-7-5-4-6-16(17)23-18-12-13(2)21-19(24-18)22-15-10-8-14(20)9-11-15/h4-12H,3H2,1-2H3,(H2,21,22,23,24). The van der Waals surface area contributed by atoms with Gasteiger partial charge in [0.05, 0.1) is 12.3 Å². The van der Waals surface area contributed by atoms with Crippen LogP contribution in [0.25, 0.3) is 0 Å². The van der Waals surface area contributed by atoms with Gasteiger partial charge in [-0.25, -0.2) is 4.98 Å². The Balaban J connectivity index is 1.83. The molecule has 0 bridgehead atoms. The van der Waals surface area contributed by atoms with Gasteiger partial charge in [-0.15, -0.1) is 0 Å². The molecule has 6 heteroatoms. The van der Waals surface area contributed by atoms with E-state index in [0.717, 1.165) is 22.8 Å². The molecule has 0 saturated heterocycles. The fourth-order valence-electron chi connectivity index (χ4n) is 2.34. The van der Waals surface area contributed by atoms with Gasteiger partial charge in [-0.3, -0.25) is 0 Å². The van der Waals surface area contributed by atoms with E-state index < -0.39 is 0 Å². The molecule has 0 spiro atoms. The molecule has 2 aromatic carbocycles. The van der Waals surface area contributed by atoms with Crippen molar-refractivity contribution in [2.75, 3.05) is 17.2 Å². The van der Waals surface area contributed by atoms with Crippen LogP contribution in [0.1, 0.15) is 12.6 Å². The molecule has 0 fully saturated rings. The summed E-state index contributed by atoms with van der Waals surface area (Å²) in [5.74, 6) is 1.99. The zero-order chi connectivity index (χ0) is 17.6. The molecule has 0 aliphatic carbocycles. The summed E-state index contributed by atoms with van der Waals surface area (Å²) in [4.78, 5) is 8.95. The van der Waals surface area contributed by atoms with Gasteiger partial charge >= 0.3 is 0 Å². The number of hydrogen-bond acceptors (Lipinski definition) is 5. The Labute approximate surface area is 152 Å². The second kappa shape index (κ2) is 7.85. The highest BCUT2D eigenvalue weighted by Crippen LogP contribution is 2.27. The Morgan fingerprint density at radius 2 is 1.76 bits per heavy atom. The maximum Gasteiger partial charge on any atom is 0.229 e. The van der Waals surface area contributed by atoms with E-state index in [9.17, 15) is 0 Å². The molecular formula is C19H19ClN4O. The minimum atomic E-state index is 0.513. The molecule has 0 radical (unpaired) electrons. The van der Waals surface area contributed by atoms with E-state index in [-0.39, 0.29) is 0 Å². The Morgan fingerprint density at radius 3 is 2.52 bits per heavy atom. The third kappa shape index (κ3) is 4.61. The van der Waals surface area contributed by atoms with Crippen molar-refractivity contribution in [3.63, 3.8) is 0 Å². The van der Waals surface area contributed by atoms with Gasteiger partial charge in [0.2, 0.25) is 5.95 Å². The molecule has 25 heavy (non-hydrogen) atoms. The molecular weight excluding hydrogens is 336 g/mol. The molecule has 0 aliphatic heterocycles. The summed E-state index contributed by atoms with van der Waals surface area (Å²) in [5, 5.41) is 7.17. The SMILES string of the molecule is CCOc1ccccc1Nc1cc(C)nc(Nc2ccc(Cl)cc2)n1. The summed E-state index contributed by atoms with van der Waals surface area (Å²) in [7, 11) is 0. The van der Waals surface area contributed by atoms with Crippen LogP contribution < -0.4 is 15.4 Å². The average Bonchev–Trinajstić information content (AvgIpc) is 2.58. The van der Waals surface area contributed by atoms with Gasteiger partial charge in [0, 0.05) is 22.5 Å². The van der Waals surface area contributed by atoms with Crippen LogP contribution in [0, 0.1) is 6.92 Å². The van der Waals surface area contributed by atoms with Gasteiger partial charge in [0.1, 0.15) is 11.6 Å². The number of aryl methyl sites for hydroxylation is 1. The minimum absolute atomic E-state index is 0.513. The number of nitrogens with zero attached hydrogens (tertiary/aromatic N) is 2. The van der Waals surface area contributed by atoms with Crippen molar-refractivity contribution in [3.05, 3.63) is 65.3 Å². The van der Waals surface area contributed by atoms with Crippen molar-refractivity contribution >= 4 is 34.7 Å². The first-order valence-corrected chi connectivity index (χ1v) is 8.39. The second-order valence-electron chi connectivity index (χ2n) is 5.40. The number of nitrogens with one attached hydrogen (secondary N) is 2. The zero-order valence-corrected chi connectivity index (χ0v) is 14.8. The highest BCUT2D eigenvalue weighted by molar-refractivity contribution is 6.30. The number of hydrogen-bond donors (Lipinski definition) is 2. The summed E-state index contributed by atoms with van der Waals surface area (Å²) in [6, 6.07) is 17.0. The third-order valence-electron chi connectivity index (χ3n) is 3.40. The topological polar surface area (TPSA) is 59.1 Å². The van der Waals surface area contributed by atoms with E-state index in [1.807, 2.05) is 68.4 Å². The molecule has 1 heterocycles. The largest absolute Gasteiger partial charge is 0.492 e. The van der Waals surface area contributed by atoms with Crippen molar-refractivity contribution < 1.29 is 4.74 Å². The Morgan fingerprint density at radius 1 is 1.00 bits per heavy atom. The second-order valence-corrected chi connectivity index (χ2v) is 5.84. The molecule has 0 aliphatic rings. The van der Waals surface area contributed by atoms with E-state index >= 15 is 0 Å². The minimum Gasteiger partial charge on any atom is -0.492 e. The first-order chi connectivity index (χ1) is 12.1. The maximum atomic E-state index is 5.91. The highest BCUT2D eigenvalue weighted by Gasteiger charge is 2.07. The van der Waals surface area contributed by atoms with Gasteiger partial charge in [-0.1, -0.05) is 23.7 Å². The van der Waals surface area contributed by atoms with E-state index in [4.69, 9.17) is 16.3 Å². The van der Waals surface area contributed by atoms with Gasteiger partial charge in [0.25, 0.3) is 0 Å². The molecule has 0 unspecified atom stereocenters. The number of halogens is 1. The molecule has 0 amide bonds. The van der Waals surface area contributed by atoms with Gasteiger partial charge in [-0.05, 0) is 50.2 Å². The lowest BCUT2D eigenvalue weighted by Gasteiger charge is -2.13. The molecule has 2 N–H and O–H groups in total. The van der Waals surface area contributed by atoms with Gasteiger partial charge in [0.15, 0.2) is 0 Å². The highest BCUT2D eigenvalue weighted by atomic mass is 35.5. The van der Waals surface area contributed by atoms with Crippen LogP contribution in [0.3, 0.4) is 0 Å². The number of para-hydroxylation sites is 2. The Bertz CT molecular complexity index is 852. The van der Waals surface area contributed by atoms with E-state index in [0.29, 0.717) is 23.4 Å². The molecule has 0 saturated carbocycles. The van der Waals surface area contributed by atoms with Crippen LogP contribution in [0.15, 0.2) is 54.6 Å². The van der Waals surface area contributed by atoms with Crippen LogP contribution in [-0.2, 0) is 0 Å². The molecule has 3 rings (SSSR count). The monoisotopic (exact) mass is 354 g/mol. The summed E-state index contributed by atoms with van der Waals surface area (Å²) in [5.41, 5.74) is 2.58. The maximum absolute atomic E-state index is 5.91. The smallest absolute Gasteiger partial charge is 0.229 e. The lowest BCUT2D eigenvalue weighted by Crippen LogP contribution is -2.03. The van der Waals surface area contributed by atoms with Crippen molar-refractivity contribution in [1.82, 2.24) is 9.97 Å². The third-order valence-corrected chi connectivity index (χ3v) is 3.66. The predicted molar refractivity (Wildman–Crippen MR) is 102 cm³/mol. The zero-order valence-electron chi connectivity index (χ0n) is 14.1. The summed E-state index contributed by atoms with van der Waals surface area (Å²) >= 11 is 5.91. The average molecular weight is 355 g/mol. The van der Waals surface area contributed by atoms with Crippen molar-refractivity contribution in [2.24, 2.45) is 0 Å². The molecule has 128 valence electrons. The lowest BCUT2D eigenvalue weighted by atomic mass is 10.3. The molecule has 1 aromatic heterocycles. The number of ether oxygens (including phenoxy) is 1. The number of anilines is 4. The summed E-state index contributed by atoms with van der Waals surface area (Å²) < 4.78 is 5.64. The van der Waals surface area contributed by atoms with Crippen LogP contribution in [-0.4, -0.2) is 16.6 Å². The van der Waals surface area contributed by atoms with Crippen LogP contribution >= 0.6 is 11.6 Å². The van der Waals surface area contributed by atoms with Crippen LogP contribution in [0.4, 0.5) is 23.1 Å². The van der Waals surface area contributed by atoms with Crippen molar-refractivity contribution in [3.8, 4) is 5.75 Å². The predicted octanol–water partition coefficient (Wildman–Crippen LogP) is 5.32. The van der Waals surface area contributed by atoms with E-state index in [1.165, 1.54) is 0 Å². The Hall–Kier alpha value is -2.79. The van der Waals surface area contributed by atoms with Gasteiger partial charge in [-0.2, -0.15) is 4.98 Å². The fraction of sp³-hybridized carbons (Fsp3) is 0.158. The molecule has 5 nitrogen and oxygen atoms in total. The first-order valence-electron chi connectivity index (χ1n) is 8.01.